The molecule has 0 radical (unpaired) electrons. The van der Waals surface area contributed by atoms with Gasteiger partial charge in [0.05, 0.1) is 17.7 Å². The van der Waals surface area contributed by atoms with Crippen LogP contribution in [-0.2, 0) is 0 Å². The van der Waals surface area contributed by atoms with Gasteiger partial charge in [0.25, 0.3) is 5.91 Å². The number of pyridine rings is 1. The molecule has 0 fully saturated rings. The molecule has 1 amide bonds. The summed E-state index contributed by atoms with van der Waals surface area (Å²) in [6, 6.07) is 15.5. The molecular formula is C19H17ClN2O2. The van der Waals surface area contributed by atoms with Gasteiger partial charge in [0.2, 0.25) is 0 Å². The van der Waals surface area contributed by atoms with Crippen LogP contribution in [-0.4, -0.2) is 22.0 Å². The third kappa shape index (κ3) is 3.40. The average molecular weight is 341 g/mol. The number of hydrogen-bond acceptors (Lipinski definition) is 3. The SMILES string of the molecule is CC(NC(=O)c1cccc2ncccc12)C(O)c1ccc(Cl)cc1. The first-order valence-corrected chi connectivity index (χ1v) is 8.02. The maximum Gasteiger partial charge on any atom is 0.252 e. The highest BCUT2D eigenvalue weighted by Gasteiger charge is 2.20. The Hall–Kier alpha value is -2.43. The monoisotopic (exact) mass is 340 g/mol. The van der Waals surface area contributed by atoms with Crippen LogP contribution in [0.4, 0.5) is 0 Å². The molecule has 3 aromatic rings. The molecule has 2 unspecified atom stereocenters. The number of carbonyl (C=O) groups is 1. The quantitative estimate of drug-likeness (QED) is 0.760. The highest BCUT2D eigenvalue weighted by Crippen LogP contribution is 2.21. The minimum atomic E-state index is -0.820. The highest BCUT2D eigenvalue weighted by molar-refractivity contribution is 6.30. The van der Waals surface area contributed by atoms with Crippen LogP contribution in [0.3, 0.4) is 0 Å². The summed E-state index contributed by atoms with van der Waals surface area (Å²) in [6.07, 6.45) is 0.871. The summed E-state index contributed by atoms with van der Waals surface area (Å²) >= 11 is 5.86. The topological polar surface area (TPSA) is 62.2 Å². The van der Waals surface area contributed by atoms with Crippen molar-refractivity contribution in [2.45, 2.75) is 19.1 Å². The van der Waals surface area contributed by atoms with E-state index >= 15 is 0 Å². The Labute approximate surface area is 145 Å². The molecule has 0 spiro atoms. The zero-order valence-electron chi connectivity index (χ0n) is 13.1. The third-order valence-corrected chi connectivity index (χ3v) is 4.19. The van der Waals surface area contributed by atoms with Crippen molar-refractivity contribution in [1.82, 2.24) is 10.3 Å². The molecule has 24 heavy (non-hydrogen) atoms. The van der Waals surface area contributed by atoms with Gasteiger partial charge in [-0.3, -0.25) is 9.78 Å². The molecular weight excluding hydrogens is 324 g/mol. The van der Waals surface area contributed by atoms with E-state index < -0.39 is 12.1 Å². The number of nitrogens with zero attached hydrogens (tertiary/aromatic N) is 1. The number of fused-ring (bicyclic) bond motifs is 1. The van der Waals surface area contributed by atoms with Gasteiger partial charge in [0.15, 0.2) is 0 Å². The lowest BCUT2D eigenvalue weighted by atomic mass is 10.0. The van der Waals surface area contributed by atoms with Crippen molar-refractivity contribution in [3.05, 3.63) is 76.9 Å². The number of carbonyl (C=O) groups excluding carboxylic acids is 1. The Balaban J connectivity index is 1.79. The number of rotatable bonds is 4. The van der Waals surface area contributed by atoms with E-state index in [9.17, 15) is 9.90 Å². The number of halogens is 1. The van der Waals surface area contributed by atoms with Crippen molar-refractivity contribution in [3.63, 3.8) is 0 Å². The van der Waals surface area contributed by atoms with Gasteiger partial charge in [0.1, 0.15) is 0 Å². The van der Waals surface area contributed by atoms with E-state index in [1.807, 2.05) is 12.1 Å². The molecule has 4 nitrogen and oxygen atoms in total. The van der Waals surface area contributed by atoms with Crippen molar-refractivity contribution < 1.29 is 9.90 Å². The summed E-state index contributed by atoms with van der Waals surface area (Å²) < 4.78 is 0. The first-order valence-electron chi connectivity index (χ1n) is 7.64. The Morgan fingerprint density at radius 2 is 1.88 bits per heavy atom. The van der Waals surface area contributed by atoms with E-state index in [0.29, 0.717) is 16.1 Å². The smallest absolute Gasteiger partial charge is 0.252 e. The maximum atomic E-state index is 12.6. The van der Waals surface area contributed by atoms with Gasteiger partial charge < -0.3 is 10.4 Å². The number of nitrogens with one attached hydrogen (secondary N) is 1. The summed E-state index contributed by atoms with van der Waals surface area (Å²) in [6.45, 7) is 1.76. The fraction of sp³-hybridized carbons (Fsp3) is 0.158. The molecule has 5 heteroatoms. The maximum absolute atomic E-state index is 12.6. The first-order chi connectivity index (χ1) is 11.6. The zero-order valence-corrected chi connectivity index (χ0v) is 13.9. The molecule has 0 saturated carbocycles. The van der Waals surface area contributed by atoms with Crippen molar-refractivity contribution in [3.8, 4) is 0 Å². The van der Waals surface area contributed by atoms with Crippen molar-refractivity contribution in [1.29, 1.82) is 0 Å². The fourth-order valence-electron chi connectivity index (χ4n) is 2.61. The molecule has 2 N–H and O–H groups in total. The number of aliphatic hydroxyl groups excluding tert-OH is 1. The standard InChI is InChI=1S/C19H17ClN2O2/c1-12(18(23)13-7-9-14(20)10-8-13)22-19(24)16-4-2-6-17-15(16)5-3-11-21-17/h2-12,18,23H,1H3,(H,22,24). The van der Waals surface area contributed by atoms with E-state index in [2.05, 4.69) is 10.3 Å². The van der Waals surface area contributed by atoms with E-state index in [0.717, 1.165) is 10.9 Å². The Morgan fingerprint density at radius 1 is 1.12 bits per heavy atom. The summed E-state index contributed by atoms with van der Waals surface area (Å²) in [5.41, 5.74) is 2.00. The molecule has 0 bridgehead atoms. The lowest BCUT2D eigenvalue weighted by molar-refractivity contribution is 0.0853. The van der Waals surface area contributed by atoms with Crippen LogP contribution in [0.1, 0.15) is 28.9 Å². The molecule has 2 atom stereocenters. The molecule has 1 heterocycles. The number of aliphatic hydroxyl groups is 1. The lowest BCUT2D eigenvalue weighted by Crippen LogP contribution is -2.37. The minimum Gasteiger partial charge on any atom is -0.386 e. The van der Waals surface area contributed by atoms with Gasteiger partial charge in [-0.25, -0.2) is 0 Å². The molecule has 2 aromatic carbocycles. The second kappa shape index (κ2) is 6.99. The molecule has 0 aliphatic carbocycles. The van der Waals surface area contributed by atoms with Crippen LogP contribution in [0.2, 0.25) is 5.02 Å². The van der Waals surface area contributed by atoms with Crippen LogP contribution in [0.5, 0.6) is 0 Å². The van der Waals surface area contributed by atoms with Gasteiger partial charge in [-0.05, 0) is 42.8 Å². The highest BCUT2D eigenvalue weighted by atomic mass is 35.5. The van der Waals surface area contributed by atoms with Crippen LogP contribution < -0.4 is 5.32 Å². The van der Waals surface area contributed by atoms with Crippen molar-refractivity contribution in [2.75, 3.05) is 0 Å². The Bertz CT molecular complexity index is 859. The Morgan fingerprint density at radius 3 is 2.62 bits per heavy atom. The van der Waals surface area contributed by atoms with Crippen LogP contribution in [0.15, 0.2) is 60.8 Å². The van der Waals surface area contributed by atoms with Crippen LogP contribution in [0, 0.1) is 0 Å². The molecule has 0 aliphatic rings. The second-order valence-electron chi connectivity index (χ2n) is 5.63. The predicted octanol–water partition coefficient (Wildman–Crippen LogP) is 3.74. The van der Waals surface area contributed by atoms with Gasteiger partial charge in [-0.15, -0.1) is 0 Å². The van der Waals surface area contributed by atoms with Gasteiger partial charge >= 0.3 is 0 Å². The van der Waals surface area contributed by atoms with Crippen molar-refractivity contribution >= 4 is 28.4 Å². The first kappa shape index (κ1) is 16.4. The average Bonchev–Trinajstić information content (AvgIpc) is 2.61. The number of hydrogen-bond donors (Lipinski definition) is 2. The summed E-state index contributed by atoms with van der Waals surface area (Å²) in [7, 11) is 0. The number of aromatic nitrogens is 1. The zero-order chi connectivity index (χ0) is 17.1. The van der Waals surface area contributed by atoms with E-state index in [1.165, 1.54) is 0 Å². The molecule has 0 aliphatic heterocycles. The number of benzene rings is 2. The Kier molecular flexibility index (Phi) is 4.79. The molecule has 0 saturated heterocycles. The third-order valence-electron chi connectivity index (χ3n) is 3.93. The molecule has 122 valence electrons. The second-order valence-corrected chi connectivity index (χ2v) is 6.07. The predicted molar refractivity (Wildman–Crippen MR) is 95.1 cm³/mol. The van der Waals surface area contributed by atoms with Crippen molar-refractivity contribution in [2.24, 2.45) is 0 Å². The van der Waals surface area contributed by atoms with Crippen LogP contribution >= 0.6 is 11.6 Å². The summed E-state index contributed by atoms with van der Waals surface area (Å²) in [5.74, 6) is -0.242. The lowest BCUT2D eigenvalue weighted by Gasteiger charge is -2.21. The fourth-order valence-corrected chi connectivity index (χ4v) is 2.74. The van der Waals surface area contributed by atoms with Gasteiger partial charge in [0, 0.05) is 22.2 Å². The van der Waals surface area contributed by atoms with Crippen LogP contribution in [0.25, 0.3) is 10.9 Å². The molecule has 1 aromatic heterocycles. The minimum absolute atomic E-state index is 0.242. The summed E-state index contributed by atoms with van der Waals surface area (Å²) in [5, 5.41) is 14.7. The summed E-state index contributed by atoms with van der Waals surface area (Å²) in [4.78, 5) is 16.8. The van der Waals surface area contributed by atoms with E-state index in [1.54, 1.807) is 55.6 Å². The van der Waals surface area contributed by atoms with E-state index in [-0.39, 0.29) is 5.91 Å². The molecule has 3 rings (SSSR count). The largest absolute Gasteiger partial charge is 0.386 e. The number of amides is 1. The van der Waals surface area contributed by atoms with Gasteiger partial charge in [-0.2, -0.15) is 0 Å². The van der Waals surface area contributed by atoms with E-state index in [4.69, 9.17) is 11.6 Å². The van der Waals surface area contributed by atoms with Gasteiger partial charge in [-0.1, -0.05) is 35.9 Å². The normalized spacial score (nSPS) is 13.5.